The van der Waals surface area contributed by atoms with Gasteiger partial charge in [-0.25, -0.2) is 4.98 Å². The summed E-state index contributed by atoms with van der Waals surface area (Å²) in [7, 11) is 0. The van der Waals surface area contributed by atoms with Crippen molar-refractivity contribution in [2.75, 3.05) is 11.5 Å². The SMILES string of the molecule is Cc1c(N)cccc1CSc1nc(N)cc(=O)[nH]1. The molecule has 2 rings (SSSR count). The van der Waals surface area contributed by atoms with Crippen LogP contribution in [-0.4, -0.2) is 9.97 Å². The van der Waals surface area contributed by atoms with Crippen molar-refractivity contribution in [3.05, 3.63) is 45.7 Å². The maximum Gasteiger partial charge on any atom is 0.253 e. The molecule has 0 aliphatic heterocycles. The molecule has 94 valence electrons. The average Bonchev–Trinajstić information content (AvgIpc) is 2.30. The third-order valence-electron chi connectivity index (χ3n) is 2.59. The molecule has 0 aliphatic rings. The smallest absolute Gasteiger partial charge is 0.253 e. The number of nitrogens with one attached hydrogen (secondary N) is 1. The van der Waals surface area contributed by atoms with Crippen molar-refractivity contribution in [1.29, 1.82) is 0 Å². The molecule has 0 aliphatic carbocycles. The van der Waals surface area contributed by atoms with Gasteiger partial charge in [0.1, 0.15) is 5.82 Å². The van der Waals surface area contributed by atoms with Crippen LogP contribution in [0.1, 0.15) is 11.1 Å². The second-order valence-corrected chi connectivity index (χ2v) is 4.86. The Kier molecular flexibility index (Phi) is 3.57. The van der Waals surface area contributed by atoms with Crippen LogP contribution in [0.25, 0.3) is 0 Å². The summed E-state index contributed by atoms with van der Waals surface area (Å²) in [4.78, 5) is 17.9. The highest BCUT2D eigenvalue weighted by Crippen LogP contribution is 2.23. The largest absolute Gasteiger partial charge is 0.399 e. The standard InChI is InChI=1S/C12H14N4OS/c1-7-8(3-2-4-9(7)13)6-18-12-15-10(14)5-11(17)16-12/h2-5H,6,13H2,1H3,(H3,14,15,16,17). The van der Waals surface area contributed by atoms with Crippen molar-refractivity contribution in [2.45, 2.75) is 17.8 Å². The van der Waals surface area contributed by atoms with E-state index in [-0.39, 0.29) is 11.4 Å². The molecule has 0 unspecified atom stereocenters. The molecular weight excluding hydrogens is 248 g/mol. The molecule has 1 heterocycles. The number of nitrogens with zero attached hydrogens (tertiary/aromatic N) is 1. The zero-order valence-electron chi connectivity index (χ0n) is 9.93. The van der Waals surface area contributed by atoms with Gasteiger partial charge in [-0.3, -0.25) is 4.79 Å². The van der Waals surface area contributed by atoms with E-state index in [1.165, 1.54) is 17.8 Å². The summed E-state index contributed by atoms with van der Waals surface area (Å²) < 4.78 is 0. The predicted molar refractivity (Wildman–Crippen MR) is 74.4 cm³/mol. The van der Waals surface area contributed by atoms with Crippen molar-refractivity contribution in [1.82, 2.24) is 9.97 Å². The zero-order valence-corrected chi connectivity index (χ0v) is 10.8. The number of hydrogen-bond donors (Lipinski definition) is 3. The molecule has 1 aromatic carbocycles. The molecule has 0 radical (unpaired) electrons. The lowest BCUT2D eigenvalue weighted by Crippen LogP contribution is -2.09. The van der Waals surface area contributed by atoms with Crippen LogP contribution in [0.15, 0.2) is 34.2 Å². The van der Waals surface area contributed by atoms with E-state index in [0.717, 1.165) is 16.8 Å². The molecule has 18 heavy (non-hydrogen) atoms. The summed E-state index contributed by atoms with van der Waals surface area (Å²) in [5, 5.41) is 0.516. The van der Waals surface area contributed by atoms with E-state index in [4.69, 9.17) is 11.5 Å². The van der Waals surface area contributed by atoms with Crippen molar-refractivity contribution in [3.8, 4) is 0 Å². The first kappa shape index (κ1) is 12.5. The molecule has 0 saturated carbocycles. The van der Waals surface area contributed by atoms with E-state index in [1.807, 2.05) is 25.1 Å². The van der Waals surface area contributed by atoms with Gasteiger partial charge in [0.15, 0.2) is 5.16 Å². The first-order valence-corrected chi connectivity index (χ1v) is 6.38. The maximum atomic E-state index is 11.2. The first-order chi connectivity index (χ1) is 8.56. The molecule has 5 nitrogen and oxygen atoms in total. The Morgan fingerprint density at radius 3 is 2.89 bits per heavy atom. The summed E-state index contributed by atoms with van der Waals surface area (Å²) in [5.74, 6) is 0.911. The number of nitrogen functional groups attached to an aromatic ring is 2. The Labute approximate surface area is 109 Å². The summed E-state index contributed by atoms with van der Waals surface area (Å²) >= 11 is 1.42. The number of hydrogen-bond acceptors (Lipinski definition) is 5. The molecular formula is C12H14N4OS. The lowest BCUT2D eigenvalue weighted by atomic mass is 10.1. The number of aromatic amines is 1. The molecule has 5 N–H and O–H groups in total. The van der Waals surface area contributed by atoms with E-state index in [9.17, 15) is 4.79 Å². The van der Waals surface area contributed by atoms with Crippen LogP contribution in [0.3, 0.4) is 0 Å². The van der Waals surface area contributed by atoms with Crippen LogP contribution in [0.5, 0.6) is 0 Å². The molecule has 0 fully saturated rings. The Balaban J connectivity index is 2.16. The number of rotatable bonds is 3. The fourth-order valence-electron chi connectivity index (χ4n) is 1.53. The van der Waals surface area contributed by atoms with Crippen molar-refractivity contribution in [3.63, 3.8) is 0 Å². The van der Waals surface area contributed by atoms with Crippen LogP contribution in [0.4, 0.5) is 11.5 Å². The van der Waals surface area contributed by atoms with Gasteiger partial charge in [-0.1, -0.05) is 23.9 Å². The Morgan fingerprint density at radius 2 is 2.17 bits per heavy atom. The second-order valence-electron chi connectivity index (χ2n) is 3.90. The lowest BCUT2D eigenvalue weighted by Gasteiger charge is -2.07. The zero-order chi connectivity index (χ0) is 13.1. The van der Waals surface area contributed by atoms with Crippen molar-refractivity contribution in [2.24, 2.45) is 0 Å². The van der Waals surface area contributed by atoms with Gasteiger partial charge in [-0.05, 0) is 24.1 Å². The van der Waals surface area contributed by atoms with E-state index >= 15 is 0 Å². The predicted octanol–water partition coefficient (Wildman–Crippen LogP) is 1.54. The lowest BCUT2D eigenvalue weighted by molar-refractivity contribution is 0.944. The molecule has 0 amide bonds. The van der Waals surface area contributed by atoms with Crippen LogP contribution in [0, 0.1) is 6.92 Å². The topological polar surface area (TPSA) is 97.8 Å². The van der Waals surface area contributed by atoms with E-state index in [1.54, 1.807) is 0 Å². The van der Waals surface area contributed by atoms with Gasteiger partial charge < -0.3 is 16.5 Å². The minimum atomic E-state index is -0.241. The van der Waals surface area contributed by atoms with Gasteiger partial charge in [0.2, 0.25) is 0 Å². The quantitative estimate of drug-likeness (QED) is 0.443. The van der Waals surface area contributed by atoms with E-state index in [0.29, 0.717) is 10.9 Å². The van der Waals surface area contributed by atoms with Gasteiger partial charge in [-0.15, -0.1) is 0 Å². The molecule has 0 bridgehead atoms. The van der Waals surface area contributed by atoms with Crippen LogP contribution in [0.2, 0.25) is 0 Å². The third kappa shape index (κ3) is 2.84. The molecule has 0 atom stereocenters. The molecule has 2 aromatic rings. The average molecular weight is 262 g/mol. The highest BCUT2D eigenvalue weighted by Gasteiger charge is 2.04. The number of nitrogens with two attached hydrogens (primary N) is 2. The number of thioether (sulfide) groups is 1. The number of aromatic nitrogens is 2. The van der Waals surface area contributed by atoms with Crippen molar-refractivity contribution >= 4 is 23.3 Å². The normalized spacial score (nSPS) is 10.5. The van der Waals surface area contributed by atoms with Gasteiger partial charge in [0.25, 0.3) is 5.56 Å². The van der Waals surface area contributed by atoms with Gasteiger partial charge in [0.05, 0.1) is 0 Å². The molecule has 0 spiro atoms. The van der Waals surface area contributed by atoms with Crippen molar-refractivity contribution < 1.29 is 0 Å². The highest BCUT2D eigenvalue weighted by molar-refractivity contribution is 7.98. The number of benzene rings is 1. The van der Waals surface area contributed by atoms with Gasteiger partial charge >= 0.3 is 0 Å². The minimum absolute atomic E-state index is 0.227. The Morgan fingerprint density at radius 1 is 1.39 bits per heavy atom. The minimum Gasteiger partial charge on any atom is -0.399 e. The van der Waals surface area contributed by atoms with Gasteiger partial charge in [0, 0.05) is 17.5 Å². The monoisotopic (exact) mass is 262 g/mol. The fraction of sp³-hybridized carbons (Fsp3) is 0.167. The second kappa shape index (κ2) is 5.14. The Hall–Kier alpha value is -1.95. The fourth-order valence-corrected chi connectivity index (χ4v) is 2.48. The van der Waals surface area contributed by atoms with Crippen LogP contribution < -0.4 is 17.0 Å². The molecule has 6 heteroatoms. The van der Waals surface area contributed by atoms with E-state index < -0.39 is 0 Å². The summed E-state index contributed by atoms with van der Waals surface area (Å²) in [6.45, 7) is 1.97. The van der Waals surface area contributed by atoms with Crippen LogP contribution in [-0.2, 0) is 5.75 Å². The highest BCUT2D eigenvalue weighted by atomic mass is 32.2. The van der Waals surface area contributed by atoms with Gasteiger partial charge in [-0.2, -0.15) is 0 Å². The summed E-state index contributed by atoms with van der Waals surface area (Å²) in [5.41, 5.74) is 14.0. The summed E-state index contributed by atoms with van der Waals surface area (Å²) in [6.07, 6.45) is 0. The number of H-pyrrole nitrogens is 1. The summed E-state index contributed by atoms with van der Waals surface area (Å²) in [6, 6.07) is 7.04. The maximum absolute atomic E-state index is 11.2. The molecule has 0 saturated heterocycles. The third-order valence-corrected chi connectivity index (χ3v) is 3.51. The first-order valence-electron chi connectivity index (χ1n) is 5.40. The number of anilines is 2. The van der Waals surface area contributed by atoms with Crippen LogP contribution >= 0.6 is 11.8 Å². The Bertz CT molecular complexity index is 624. The van der Waals surface area contributed by atoms with E-state index in [2.05, 4.69) is 9.97 Å². The molecule has 1 aromatic heterocycles.